The molecule has 1 saturated heterocycles. The molecule has 172 valence electrons. The molecule has 2 aromatic carbocycles. The van der Waals surface area contributed by atoms with E-state index in [0.29, 0.717) is 40.9 Å². The van der Waals surface area contributed by atoms with Crippen molar-refractivity contribution in [2.24, 2.45) is 5.10 Å². The summed E-state index contributed by atoms with van der Waals surface area (Å²) >= 11 is 0. The maximum Gasteiger partial charge on any atom is 0.270 e. The molecule has 1 aliphatic rings. The van der Waals surface area contributed by atoms with Gasteiger partial charge in [0.1, 0.15) is 16.9 Å². The molecule has 1 atom stereocenters. The molecule has 3 N–H and O–H groups in total. The summed E-state index contributed by atoms with van der Waals surface area (Å²) in [4.78, 5) is 33.0. The minimum Gasteiger partial charge on any atom is -0.383 e. The van der Waals surface area contributed by atoms with E-state index in [4.69, 9.17) is 10.5 Å². The zero-order chi connectivity index (χ0) is 23.7. The Bertz CT molecular complexity index is 1440. The fourth-order valence-corrected chi connectivity index (χ4v) is 3.93. The van der Waals surface area contributed by atoms with Crippen LogP contribution in [0.1, 0.15) is 28.8 Å². The van der Waals surface area contributed by atoms with E-state index in [1.165, 1.54) is 23.0 Å². The third kappa shape index (κ3) is 4.04. The summed E-state index contributed by atoms with van der Waals surface area (Å²) in [6.07, 6.45) is 3.24. The van der Waals surface area contributed by atoms with Gasteiger partial charge in [-0.05, 0) is 25.0 Å². The summed E-state index contributed by atoms with van der Waals surface area (Å²) in [6.45, 7) is 1.05. The highest BCUT2D eigenvalue weighted by atomic mass is 16.6. The second kappa shape index (κ2) is 8.87. The minimum absolute atomic E-state index is 0.0302. The Hall–Kier alpha value is -4.38. The Morgan fingerprint density at radius 1 is 1.26 bits per heavy atom. The number of nitro benzene ring substituents is 1. The Kier molecular flexibility index (Phi) is 5.60. The molecule has 0 saturated carbocycles. The Labute approximate surface area is 193 Å². The molecule has 11 heteroatoms. The molecule has 1 aliphatic heterocycles. The van der Waals surface area contributed by atoms with Crippen LogP contribution in [0.5, 0.6) is 0 Å². The number of fused-ring (bicyclic) bond motifs is 2. The van der Waals surface area contributed by atoms with Gasteiger partial charge < -0.3 is 15.8 Å². The summed E-state index contributed by atoms with van der Waals surface area (Å²) in [7, 11) is 0. The third-order valence-electron chi connectivity index (χ3n) is 5.62. The van der Waals surface area contributed by atoms with Gasteiger partial charge in [-0.1, -0.05) is 24.3 Å². The van der Waals surface area contributed by atoms with E-state index >= 15 is 0 Å². The molecule has 2 aromatic heterocycles. The topological polar surface area (TPSA) is 151 Å². The van der Waals surface area contributed by atoms with Crippen LogP contribution in [-0.2, 0) is 4.74 Å². The highest BCUT2D eigenvalue weighted by molar-refractivity contribution is 6.10. The fraction of sp³-hybridized carbons (Fsp3) is 0.217. The van der Waals surface area contributed by atoms with Crippen molar-refractivity contribution in [2.45, 2.75) is 18.9 Å². The molecule has 34 heavy (non-hydrogen) atoms. The van der Waals surface area contributed by atoms with Crippen molar-refractivity contribution >= 4 is 45.8 Å². The number of nitrogens with one attached hydrogen (secondary N) is 1. The summed E-state index contributed by atoms with van der Waals surface area (Å²) < 4.78 is 6.91. The number of para-hydroxylation sites is 2. The molecule has 1 fully saturated rings. The van der Waals surface area contributed by atoms with Crippen LogP contribution in [0.2, 0.25) is 0 Å². The molecular weight excluding hydrogens is 438 g/mol. The van der Waals surface area contributed by atoms with Crippen molar-refractivity contribution < 1.29 is 14.5 Å². The van der Waals surface area contributed by atoms with E-state index < -0.39 is 10.8 Å². The molecule has 0 spiro atoms. The fourth-order valence-electron chi connectivity index (χ4n) is 3.93. The average Bonchev–Trinajstić information content (AvgIpc) is 3.45. The predicted octanol–water partition coefficient (Wildman–Crippen LogP) is 2.87. The van der Waals surface area contributed by atoms with Gasteiger partial charge in [0.05, 0.1) is 28.3 Å². The van der Waals surface area contributed by atoms with Gasteiger partial charge in [-0.15, -0.1) is 0 Å². The Morgan fingerprint density at radius 2 is 2.06 bits per heavy atom. The number of benzene rings is 2. The smallest absolute Gasteiger partial charge is 0.270 e. The lowest BCUT2D eigenvalue weighted by molar-refractivity contribution is -0.384. The molecule has 3 heterocycles. The summed E-state index contributed by atoms with van der Waals surface area (Å²) in [6, 6.07) is 13.3. The molecule has 0 aliphatic carbocycles. The van der Waals surface area contributed by atoms with Crippen molar-refractivity contribution in [1.29, 1.82) is 0 Å². The lowest BCUT2D eigenvalue weighted by Gasteiger charge is -2.10. The normalized spacial score (nSPS) is 15.9. The molecule has 0 bridgehead atoms. The largest absolute Gasteiger partial charge is 0.383 e. The monoisotopic (exact) mass is 459 g/mol. The number of nitrogens with two attached hydrogens (primary N) is 1. The van der Waals surface area contributed by atoms with Gasteiger partial charge in [-0.2, -0.15) is 9.78 Å². The van der Waals surface area contributed by atoms with Gasteiger partial charge >= 0.3 is 0 Å². The summed E-state index contributed by atoms with van der Waals surface area (Å²) in [5, 5.41) is 18.3. The number of hydrogen-bond donors (Lipinski definition) is 2. The standard InChI is InChI=1S/C23H21N7O4/c24-21-19(23(31)25-13-16-7-4-10-34-16)20-22(28-18-9-2-1-8-17(18)27-20)29(21)26-12-14-5-3-6-15(11-14)30(32)33/h1-3,5-6,8-9,11-12,16H,4,7,10,13,24H2,(H,25,31)/b26-12+. The van der Waals surface area contributed by atoms with Crippen LogP contribution in [0, 0.1) is 10.1 Å². The Balaban J connectivity index is 1.58. The number of nitrogen functional groups attached to an aromatic ring is 1. The van der Waals surface area contributed by atoms with E-state index in [1.54, 1.807) is 24.3 Å². The molecule has 1 amide bonds. The average molecular weight is 459 g/mol. The lowest BCUT2D eigenvalue weighted by Crippen LogP contribution is -2.32. The highest BCUT2D eigenvalue weighted by Gasteiger charge is 2.25. The second-order valence-corrected chi connectivity index (χ2v) is 7.90. The van der Waals surface area contributed by atoms with Crippen LogP contribution in [0.3, 0.4) is 0 Å². The number of hydrogen-bond acceptors (Lipinski definition) is 8. The minimum atomic E-state index is -0.481. The van der Waals surface area contributed by atoms with Crippen LogP contribution in [-0.4, -0.2) is 50.9 Å². The van der Waals surface area contributed by atoms with Crippen molar-refractivity contribution in [3.05, 3.63) is 69.8 Å². The number of non-ortho nitro benzene ring substituents is 1. The van der Waals surface area contributed by atoms with Crippen molar-refractivity contribution in [1.82, 2.24) is 20.0 Å². The number of anilines is 1. The SMILES string of the molecule is Nc1c(C(=O)NCC2CCCO2)c2nc3ccccc3nc2n1/N=C/c1cccc([N+](=O)[O-])c1. The number of carbonyl (C=O) groups is 1. The molecule has 4 aromatic rings. The van der Waals surface area contributed by atoms with Gasteiger partial charge in [0.2, 0.25) is 0 Å². The quantitative estimate of drug-likeness (QED) is 0.256. The number of nitro groups is 1. The number of ether oxygens (including phenoxy) is 1. The molecule has 0 radical (unpaired) electrons. The van der Waals surface area contributed by atoms with Crippen LogP contribution in [0.4, 0.5) is 11.5 Å². The third-order valence-corrected chi connectivity index (χ3v) is 5.62. The van der Waals surface area contributed by atoms with Gasteiger partial charge in [0.25, 0.3) is 11.6 Å². The predicted molar refractivity (Wildman–Crippen MR) is 127 cm³/mol. The maximum absolute atomic E-state index is 13.1. The summed E-state index contributed by atoms with van der Waals surface area (Å²) in [5.74, 6) is -0.330. The zero-order valence-corrected chi connectivity index (χ0v) is 18.0. The van der Waals surface area contributed by atoms with Crippen molar-refractivity contribution in [3.63, 3.8) is 0 Å². The van der Waals surface area contributed by atoms with E-state index in [1.807, 2.05) is 12.1 Å². The lowest BCUT2D eigenvalue weighted by atomic mass is 10.2. The molecule has 5 rings (SSSR count). The molecule has 1 unspecified atom stereocenters. The van der Waals surface area contributed by atoms with Gasteiger partial charge in [-0.25, -0.2) is 9.97 Å². The number of amides is 1. The van der Waals surface area contributed by atoms with Gasteiger partial charge in [0, 0.05) is 30.8 Å². The van der Waals surface area contributed by atoms with E-state index in [0.717, 1.165) is 12.8 Å². The second-order valence-electron chi connectivity index (χ2n) is 7.90. The first-order valence-electron chi connectivity index (χ1n) is 10.8. The molecule has 11 nitrogen and oxygen atoms in total. The van der Waals surface area contributed by atoms with Gasteiger partial charge in [0.15, 0.2) is 5.65 Å². The van der Waals surface area contributed by atoms with Crippen LogP contribution < -0.4 is 11.1 Å². The number of nitrogens with zero attached hydrogens (tertiary/aromatic N) is 5. The zero-order valence-electron chi connectivity index (χ0n) is 18.0. The number of aromatic nitrogens is 3. The number of rotatable bonds is 6. The molecular formula is C23H21N7O4. The first-order valence-corrected chi connectivity index (χ1v) is 10.8. The van der Waals surface area contributed by atoms with E-state index in [9.17, 15) is 14.9 Å². The van der Waals surface area contributed by atoms with Crippen LogP contribution in [0.25, 0.3) is 22.2 Å². The highest BCUT2D eigenvalue weighted by Crippen LogP contribution is 2.28. The first-order chi connectivity index (χ1) is 16.5. The summed E-state index contributed by atoms with van der Waals surface area (Å²) in [5.41, 5.74) is 8.83. The number of carbonyl (C=O) groups excluding carboxylic acids is 1. The van der Waals surface area contributed by atoms with Crippen LogP contribution in [0.15, 0.2) is 53.6 Å². The van der Waals surface area contributed by atoms with E-state index in [-0.39, 0.29) is 23.2 Å². The maximum atomic E-state index is 13.1. The van der Waals surface area contributed by atoms with Gasteiger partial charge in [-0.3, -0.25) is 14.9 Å². The first kappa shape index (κ1) is 21.5. The van der Waals surface area contributed by atoms with E-state index in [2.05, 4.69) is 20.4 Å². The van der Waals surface area contributed by atoms with Crippen molar-refractivity contribution in [3.8, 4) is 0 Å². The van der Waals surface area contributed by atoms with Crippen LogP contribution >= 0.6 is 0 Å². The Morgan fingerprint density at radius 3 is 2.79 bits per heavy atom. The van der Waals surface area contributed by atoms with Crippen molar-refractivity contribution in [2.75, 3.05) is 18.9 Å².